The van der Waals surface area contributed by atoms with E-state index in [0.29, 0.717) is 36.3 Å². The third-order valence-corrected chi connectivity index (χ3v) is 3.45. The van der Waals surface area contributed by atoms with Crippen molar-refractivity contribution in [3.05, 3.63) is 29.8 Å². The molecule has 0 radical (unpaired) electrons. The summed E-state index contributed by atoms with van der Waals surface area (Å²) < 4.78 is 0. The van der Waals surface area contributed by atoms with Gasteiger partial charge in [0.2, 0.25) is 5.91 Å². The monoisotopic (exact) mass is 271 g/mol. The minimum absolute atomic E-state index is 0.0449. The molecule has 0 spiro atoms. The smallest absolute Gasteiger partial charge is 0.274 e. The molecule has 0 saturated carbocycles. The predicted molar refractivity (Wildman–Crippen MR) is 72.6 cm³/mol. The maximum atomic E-state index is 12.5. The van der Waals surface area contributed by atoms with Gasteiger partial charge in [0.05, 0.1) is 5.69 Å². The SMILES string of the molecule is O=C1CCC(C(=O)N2CCC(=O)c3ccccc32)=NN1. The molecule has 6 nitrogen and oxygen atoms in total. The molecule has 0 fully saturated rings. The number of anilines is 1. The molecule has 1 aromatic rings. The Morgan fingerprint density at radius 3 is 2.70 bits per heavy atom. The van der Waals surface area contributed by atoms with Gasteiger partial charge in [0.15, 0.2) is 5.78 Å². The molecule has 0 bridgehead atoms. The highest BCUT2D eigenvalue weighted by Gasteiger charge is 2.30. The van der Waals surface area contributed by atoms with E-state index in [1.165, 1.54) is 0 Å². The Labute approximate surface area is 115 Å². The fourth-order valence-electron chi connectivity index (χ4n) is 2.41. The standard InChI is InChI=1S/C14H13N3O3/c18-12-7-8-17(11-4-2-1-3-9(11)12)14(20)10-5-6-13(19)16-15-10/h1-4H,5-8H2,(H,16,19). The van der Waals surface area contributed by atoms with Gasteiger partial charge in [-0.3, -0.25) is 14.4 Å². The quantitative estimate of drug-likeness (QED) is 0.823. The Kier molecular flexibility index (Phi) is 3.06. The number of hydrogen-bond acceptors (Lipinski definition) is 4. The first-order chi connectivity index (χ1) is 9.66. The minimum atomic E-state index is -0.245. The summed E-state index contributed by atoms with van der Waals surface area (Å²) in [6.07, 6.45) is 0.901. The zero-order valence-electron chi connectivity index (χ0n) is 10.8. The van der Waals surface area contributed by atoms with Crippen molar-refractivity contribution in [1.29, 1.82) is 0 Å². The second-order valence-corrected chi connectivity index (χ2v) is 4.74. The van der Waals surface area contributed by atoms with Crippen LogP contribution in [0, 0.1) is 0 Å². The molecule has 2 aliphatic heterocycles. The van der Waals surface area contributed by atoms with E-state index >= 15 is 0 Å². The average Bonchev–Trinajstić information content (AvgIpc) is 2.48. The van der Waals surface area contributed by atoms with Crippen LogP contribution in [0.15, 0.2) is 29.4 Å². The highest BCUT2D eigenvalue weighted by atomic mass is 16.2. The second kappa shape index (κ2) is 4.88. The van der Waals surface area contributed by atoms with Crippen LogP contribution in [0.4, 0.5) is 5.69 Å². The van der Waals surface area contributed by atoms with Crippen molar-refractivity contribution in [2.75, 3.05) is 11.4 Å². The summed E-state index contributed by atoms with van der Waals surface area (Å²) in [6, 6.07) is 7.05. The highest BCUT2D eigenvalue weighted by molar-refractivity contribution is 6.44. The molecule has 2 amide bonds. The number of nitrogens with one attached hydrogen (secondary N) is 1. The number of amides is 2. The lowest BCUT2D eigenvalue weighted by Crippen LogP contribution is -2.43. The van der Waals surface area contributed by atoms with Crippen molar-refractivity contribution in [2.45, 2.75) is 19.3 Å². The molecule has 102 valence electrons. The van der Waals surface area contributed by atoms with Crippen molar-refractivity contribution in [3.8, 4) is 0 Å². The molecular weight excluding hydrogens is 258 g/mol. The molecule has 0 aliphatic carbocycles. The third-order valence-electron chi connectivity index (χ3n) is 3.45. The molecule has 0 atom stereocenters. The number of rotatable bonds is 1. The first-order valence-electron chi connectivity index (χ1n) is 6.46. The third kappa shape index (κ3) is 2.09. The van der Waals surface area contributed by atoms with Gasteiger partial charge >= 0.3 is 0 Å². The largest absolute Gasteiger partial charge is 0.306 e. The van der Waals surface area contributed by atoms with Crippen molar-refractivity contribution in [2.24, 2.45) is 5.10 Å². The van der Waals surface area contributed by atoms with Gasteiger partial charge in [-0.1, -0.05) is 12.1 Å². The van der Waals surface area contributed by atoms with Crippen LogP contribution in [0.1, 0.15) is 29.6 Å². The van der Waals surface area contributed by atoms with Crippen LogP contribution in [0.5, 0.6) is 0 Å². The maximum Gasteiger partial charge on any atom is 0.274 e. The summed E-state index contributed by atoms with van der Waals surface area (Å²) in [5.74, 6) is -0.385. The normalized spacial score (nSPS) is 18.2. The van der Waals surface area contributed by atoms with E-state index in [0.717, 1.165) is 0 Å². The van der Waals surface area contributed by atoms with Crippen LogP contribution in [0.2, 0.25) is 0 Å². The fourth-order valence-corrected chi connectivity index (χ4v) is 2.41. The summed E-state index contributed by atoms with van der Waals surface area (Å²) in [5.41, 5.74) is 3.83. The van der Waals surface area contributed by atoms with Gasteiger partial charge in [-0.25, -0.2) is 5.43 Å². The summed E-state index contributed by atoms with van der Waals surface area (Å²) in [6.45, 7) is 0.349. The second-order valence-electron chi connectivity index (χ2n) is 4.74. The van der Waals surface area contributed by atoms with E-state index in [4.69, 9.17) is 0 Å². The summed E-state index contributed by atoms with van der Waals surface area (Å²) in [4.78, 5) is 36.9. The van der Waals surface area contributed by atoms with Crippen LogP contribution in [-0.4, -0.2) is 29.9 Å². The van der Waals surface area contributed by atoms with Gasteiger partial charge in [0.25, 0.3) is 5.91 Å². The van der Waals surface area contributed by atoms with Gasteiger partial charge in [0, 0.05) is 31.4 Å². The Morgan fingerprint density at radius 2 is 1.95 bits per heavy atom. The van der Waals surface area contributed by atoms with Crippen molar-refractivity contribution < 1.29 is 14.4 Å². The van der Waals surface area contributed by atoms with Gasteiger partial charge in [0.1, 0.15) is 5.71 Å². The highest BCUT2D eigenvalue weighted by Crippen LogP contribution is 2.27. The van der Waals surface area contributed by atoms with Gasteiger partial charge < -0.3 is 4.90 Å². The lowest BCUT2D eigenvalue weighted by atomic mass is 9.99. The van der Waals surface area contributed by atoms with Crippen LogP contribution < -0.4 is 10.3 Å². The maximum absolute atomic E-state index is 12.5. The molecule has 2 aliphatic rings. The van der Waals surface area contributed by atoms with Gasteiger partial charge in [-0.2, -0.15) is 5.10 Å². The molecule has 0 aromatic heterocycles. The zero-order chi connectivity index (χ0) is 14.1. The molecule has 0 saturated heterocycles. The van der Waals surface area contributed by atoms with Gasteiger partial charge in [-0.05, 0) is 12.1 Å². The fraction of sp³-hybridized carbons (Fsp3) is 0.286. The Morgan fingerprint density at radius 1 is 1.15 bits per heavy atom. The first-order valence-corrected chi connectivity index (χ1v) is 6.46. The molecule has 2 heterocycles. The van der Waals surface area contributed by atoms with Gasteiger partial charge in [-0.15, -0.1) is 0 Å². The molecule has 20 heavy (non-hydrogen) atoms. The number of carbonyl (C=O) groups excluding carboxylic acids is 3. The van der Waals surface area contributed by atoms with Crippen molar-refractivity contribution in [3.63, 3.8) is 0 Å². The average molecular weight is 271 g/mol. The lowest BCUT2D eigenvalue weighted by Gasteiger charge is -2.29. The minimum Gasteiger partial charge on any atom is -0.306 e. The van der Waals surface area contributed by atoms with E-state index in [1.807, 2.05) is 0 Å². The number of para-hydroxylation sites is 1. The molecule has 6 heteroatoms. The summed E-state index contributed by atoms with van der Waals surface area (Å²) in [5, 5.41) is 3.82. The number of ketones is 1. The van der Waals surface area contributed by atoms with Crippen LogP contribution >= 0.6 is 0 Å². The number of benzene rings is 1. The number of nitrogens with zero attached hydrogens (tertiary/aromatic N) is 2. The van der Waals surface area contributed by atoms with Crippen LogP contribution in [-0.2, 0) is 9.59 Å². The molecular formula is C14H13N3O3. The zero-order valence-corrected chi connectivity index (χ0v) is 10.8. The number of fused-ring (bicyclic) bond motifs is 1. The number of hydrogen-bond donors (Lipinski definition) is 1. The number of Topliss-reactive ketones (excluding diaryl/α,β-unsaturated/α-hetero) is 1. The number of hydrazone groups is 1. The molecule has 0 unspecified atom stereocenters. The van der Waals surface area contributed by atoms with Crippen LogP contribution in [0.25, 0.3) is 0 Å². The topological polar surface area (TPSA) is 78.8 Å². The van der Waals surface area contributed by atoms with E-state index in [-0.39, 0.29) is 24.0 Å². The Balaban J connectivity index is 1.92. The summed E-state index contributed by atoms with van der Waals surface area (Å²) >= 11 is 0. The molecule has 1 aromatic carbocycles. The van der Waals surface area contributed by atoms with E-state index in [2.05, 4.69) is 10.5 Å². The van der Waals surface area contributed by atoms with E-state index in [1.54, 1.807) is 29.2 Å². The van der Waals surface area contributed by atoms with E-state index < -0.39 is 0 Å². The summed E-state index contributed by atoms with van der Waals surface area (Å²) in [7, 11) is 0. The molecule has 1 N–H and O–H groups in total. The first kappa shape index (κ1) is 12.5. The Bertz CT molecular complexity index is 636. The predicted octanol–water partition coefficient (Wildman–Crippen LogP) is 0.872. The van der Waals surface area contributed by atoms with E-state index in [9.17, 15) is 14.4 Å². The van der Waals surface area contributed by atoms with Crippen molar-refractivity contribution in [1.82, 2.24) is 5.43 Å². The van der Waals surface area contributed by atoms with Crippen molar-refractivity contribution >= 4 is 29.0 Å². The number of carbonyl (C=O) groups is 3. The van der Waals surface area contributed by atoms with Crippen LogP contribution in [0.3, 0.4) is 0 Å². The Hall–Kier alpha value is -2.50. The lowest BCUT2D eigenvalue weighted by molar-refractivity contribution is -0.121. The molecule has 3 rings (SSSR count).